The summed E-state index contributed by atoms with van der Waals surface area (Å²) in [6, 6.07) is 7.06. The molecular weight excluding hydrogens is 377 g/mol. The summed E-state index contributed by atoms with van der Waals surface area (Å²) in [6.07, 6.45) is 2.59. The fraction of sp³-hybridized carbons (Fsp3) is 0.250. The number of carbonyl (C=O) groups is 1. The molecule has 0 bridgehead atoms. The van der Waals surface area contributed by atoms with Gasteiger partial charge in [-0.2, -0.15) is 5.26 Å². The fourth-order valence-corrected chi connectivity index (χ4v) is 3.94. The van der Waals surface area contributed by atoms with Crippen LogP contribution in [-0.2, 0) is 4.74 Å². The Balaban J connectivity index is 2.09. The summed E-state index contributed by atoms with van der Waals surface area (Å²) >= 11 is 0. The molecule has 0 amide bonds. The van der Waals surface area contributed by atoms with E-state index in [0.29, 0.717) is 5.69 Å². The zero-order valence-corrected chi connectivity index (χ0v) is 17.1. The maximum Gasteiger partial charge on any atom is 0.357 e. The lowest BCUT2D eigenvalue weighted by molar-refractivity contribution is 0.0522. The summed E-state index contributed by atoms with van der Waals surface area (Å²) in [5, 5.41) is 13.5. The van der Waals surface area contributed by atoms with Crippen molar-refractivity contribution in [1.29, 1.82) is 5.26 Å². The second-order valence-corrected chi connectivity index (χ2v) is 12.4. The molecule has 144 valence electrons. The number of halogens is 1. The minimum absolute atomic E-state index is 0.00577. The number of rotatable bonds is 5. The monoisotopic (exact) mass is 397 g/mol. The molecule has 0 aliphatic heterocycles. The van der Waals surface area contributed by atoms with Crippen LogP contribution >= 0.6 is 0 Å². The normalized spacial score (nSPS) is 11.3. The Morgan fingerprint density at radius 2 is 2.11 bits per heavy atom. The summed E-state index contributed by atoms with van der Waals surface area (Å²) in [4.78, 5) is 16.3. The Bertz CT molecular complexity index is 1100. The summed E-state index contributed by atoms with van der Waals surface area (Å²) in [5.74, 6) is -1.05. The number of pyridine rings is 1. The zero-order valence-electron chi connectivity index (χ0n) is 16.1. The smallest absolute Gasteiger partial charge is 0.357 e. The molecule has 0 aliphatic carbocycles. The standard InChI is InChI=1S/C20H20FN3O3Si/c1-5-26-20(25)18-17-16(11-27-19(17)12(9-22)10-23-18)24-15-7-6-13(8-14(15)21)28(2,3)4/h6-8,10-11,24H,5H2,1-4H3. The molecule has 3 aromatic rings. The fourth-order valence-electron chi connectivity index (χ4n) is 2.80. The average molecular weight is 397 g/mol. The number of anilines is 2. The Labute approximate surface area is 163 Å². The molecule has 2 heterocycles. The molecule has 1 aromatic carbocycles. The largest absolute Gasteiger partial charge is 0.461 e. The van der Waals surface area contributed by atoms with E-state index in [-0.39, 0.29) is 34.5 Å². The number of nitrogens with one attached hydrogen (secondary N) is 1. The van der Waals surface area contributed by atoms with Gasteiger partial charge in [-0.15, -0.1) is 0 Å². The lowest BCUT2D eigenvalue weighted by Crippen LogP contribution is -2.37. The maximum atomic E-state index is 14.7. The maximum absolute atomic E-state index is 14.7. The van der Waals surface area contributed by atoms with Crippen LogP contribution in [-0.4, -0.2) is 25.6 Å². The second-order valence-electron chi connectivity index (χ2n) is 7.28. The number of fused-ring (bicyclic) bond motifs is 1. The van der Waals surface area contributed by atoms with Crippen LogP contribution in [0.25, 0.3) is 11.0 Å². The first-order valence-electron chi connectivity index (χ1n) is 8.80. The van der Waals surface area contributed by atoms with E-state index >= 15 is 0 Å². The Kier molecular flexibility index (Phi) is 5.20. The van der Waals surface area contributed by atoms with Gasteiger partial charge in [-0.25, -0.2) is 14.2 Å². The molecule has 8 heteroatoms. The molecule has 2 aromatic heterocycles. The highest BCUT2D eigenvalue weighted by atomic mass is 28.3. The van der Waals surface area contributed by atoms with Gasteiger partial charge in [-0.3, -0.25) is 0 Å². The lowest BCUT2D eigenvalue weighted by atomic mass is 10.1. The highest BCUT2D eigenvalue weighted by molar-refractivity contribution is 6.88. The number of ether oxygens (including phenoxy) is 1. The topological polar surface area (TPSA) is 88.2 Å². The van der Waals surface area contributed by atoms with Crippen molar-refractivity contribution >= 4 is 41.6 Å². The Morgan fingerprint density at radius 1 is 1.36 bits per heavy atom. The third-order valence-electron chi connectivity index (χ3n) is 4.29. The van der Waals surface area contributed by atoms with Crippen molar-refractivity contribution in [2.75, 3.05) is 11.9 Å². The third-order valence-corrected chi connectivity index (χ3v) is 6.33. The van der Waals surface area contributed by atoms with Gasteiger partial charge in [0.25, 0.3) is 0 Å². The minimum atomic E-state index is -1.65. The molecular formula is C20H20FN3O3Si. The van der Waals surface area contributed by atoms with Gasteiger partial charge in [0.05, 0.1) is 31.4 Å². The van der Waals surface area contributed by atoms with Gasteiger partial charge in [0, 0.05) is 6.20 Å². The first-order chi connectivity index (χ1) is 13.3. The quantitative estimate of drug-likeness (QED) is 0.510. The van der Waals surface area contributed by atoms with Crippen LogP contribution in [0.4, 0.5) is 15.8 Å². The van der Waals surface area contributed by atoms with E-state index in [1.54, 1.807) is 13.0 Å². The molecule has 0 saturated carbocycles. The summed E-state index contributed by atoms with van der Waals surface area (Å²) < 4.78 is 25.2. The van der Waals surface area contributed by atoms with Crippen molar-refractivity contribution in [2.45, 2.75) is 26.6 Å². The predicted octanol–water partition coefficient (Wildman–Crippen LogP) is 4.30. The van der Waals surface area contributed by atoms with Crippen molar-refractivity contribution in [3.05, 3.63) is 47.7 Å². The zero-order chi connectivity index (χ0) is 20.5. The van der Waals surface area contributed by atoms with Crippen LogP contribution in [0, 0.1) is 17.1 Å². The SMILES string of the molecule is CCOC(=O)c1ncc(C#N)c2occ(Nc3ccc([Si](C)(C)C)cc3F)c12. The van der Waals surface area contributed by atoms with Gasteiger partial charge in [-0.1, -0.05) is 30.9 Å². The molecule has 28 heavy (non-hydrogen) atoms. The first kappa shape index (κ1) is 19.6. The van der Waals surface area contributed by atoms with Gasteiger partial charge < -0.3 is 14.5 Å². The van der Waals surface area contributed by atoms with E-state index < -0.39 is 19.9 Å². The number of furan rings is 1. The Morgan fingerprint density at radius 3 is 2.71 bits per heavy atom. The minimum Gasteiger partial charge on any atom is -0.461 e. The van der Waals surface area contributed by atoms with Crippen molar-refractivity contribution in [1.82, 2.24) is 4.98 Å². The van der Waals surface area contributed by atoms with Crippen LogP contribution in [0.2, 0.25) is 19.6 Å². The van der Waals surface area contributed by atoms with Gasteiger partial charge in [-0.05, 0) is 19.1 Å². The van der Waals surface area contributed by atoms with E-state index in [9.17, 15) is 14.4 Å². The van der Waals surface area contributed by atoms with Crippen molar-refractivity contribution in [2.24, 2.45) is 0 Å². The second kappa shape index (κ2) is 7.44. The van der Waals surface area contributed by atoms with Gasteiger partial charge in [0.15, 0.2) is 11.3 Å². The number of hydrogen-bond donors (Lipinski definition) is 1. The molecule has 0 spiro atoms. The molecule has 6 nitrogen and oxygen atoms in total. The van der Waals surface area contributed by atoms with Gasteiger partial charge >= 0.3 is 5.97 Å². The van der Waals surface area contributed by atoms with E-state index in [0.717, 1.165) is 5.19 Å². The van der Waals surface area contributed by atoms with E-state index in [1.165, 1.54) is 18.5 Å². The number of aromatic nitrogens is 1. The van der Waals surface area contributed by atoms with Gasteiger partial charge in [0.1, 0.15) is 23.7 Å². The van der Waals surface area contributed by atoms with Crippen molar-refractivity contribution < 1.29 is 18.3 Å². The molecule has 0 fully saturated rings. The molecule has 0 unspecified atom stereocenters. The van der Waals surface area contributed by atoms with Crippen LogP contribution in [0.1, 0.15) is 23.0 Å². The molecule has 0 saturated heterocycles. The molecule has 0 atom stereocenters. The molecule has 1 N–H and O–H groups in total. The number of nitriles is 1. The molecule has 0 radical (unpaired) electrons. The van der Waals surface area contributed by atoms with Crippen LogP contribution in [0.15, 0.2) is 35.1 Å². The summed E-state index contributed by atoms with van der Waals surface area (Å²) in [5.41, 5.74) is 0.947. The van der Waals surface area contributed by atoms with E-state index in [1.807, 2.05) is 12.1 Å². The third kappa shape index (κ3) is 3.61. The van der Waals surface area contributed by atoms with Crippen molar-refractivity contribution in [3.63, 3.8) is 0 Å². The number of carbonyl (C=O) groups excluding carboxylic acids is 1. The summed E-state index contributed by atoms with van der Waals surface area (Å²) in [7, 11) is -1.65. The molecule has 0 aliphatic rings. The number of esters is 1. The van der Waals surface area contributed by atoms with Crippen LogP contribution in [0.3, 0.4) is 0 Å². The van der Waals surface area contributed by atoms with Crippen LogP contribution < -0.4 is 10.5 Å². The highest BCUT2D eigenvalue weighted by Gasteiger charge is 2.23. The summed E-state index contributed by atoms with van der Waals surface area (Å²) in [6.45, 7) is 8.27. The average Bonchev–Trinajstić information content (AvgIpc) is 3.06. The van der Waals surface area contributed by atoms with Gasteiger partial charge in [0.2, 0.25) is 0 Å². The molecule has 3 rings (SSSR count). The number of hydrogen-bond acceptors (Lipinski definition) is 6. The number of benzene rings is 1. The Hall–Kier alpha value is -3.18. The lowest BCUT2D eigenvalue weighted by Gasteiger charge is -2.17. The predicted molar refractivity (Wildman–Crippen MR) is 107 cm³/mol. The van der Waals surface area contributed by atoms with Crippen molar-refractivity contribution in [3.8, 4) is 6.07 Å². The first-order valence-corrected chi connectivity index (χ1v) is 12.3. The number of nitrogens with zero attached hydrogens (tertiary/aromatic N) is 2. The highest BCUT2D eigenvalue weighted by Crippen LogP contribution is 2.33. The van der Waals surface area contributed by atoms with Crippen LogP contribution in [0.5, 0.6) is 0 Å². The van der Waals surface area contributed by atoms with E-state index in [2.05, 4.69) is 29.9 Å². The van der Waals surface area contributed by atoms with E-state index in [4.69, 9.17) is 9.15 Å².